The Bertz CT molecular complexity index is 590. The zero-order valence-electron chi connectivity index (χ0n) is 10.6. The Morgan fingerprint density at radius 2 is 1.62 bits per heavy atom. The molecule has 0 aliphatic heterocycles. The van der Waals surface area contributed by atoms with Crippen molar-refractivity contribution in [1.29, 1.82) is 0 Å². The highest BCUT2D eigenvalue weighted by molar-refractivity contribution is 14.1. The van der Waals surface area contributed by atoms with E-state index in [1.54, 1.807) is 0 Å². The first-order chi connectivity index (χ1) is 9.35. The van der Waals surface area contributed by atoms with Crippen LogP contribution in [0.25, 0.3) is 0 Å². The number of alkyl halides is 3. The second-order valence-electron chi connectivity index (χ2n) is 4.15. The maximum atomic E-state index is 12.1. The molecule has 0 fully saturated rings. The summed E-state index contributed by atoms with van der Waals surface area (Å²) in [7, 11) is 0. The lowest BCUT2D eigenvalue weighted by Gasteiger charge is -2.14. The van der Waals surface area contributed by atoms with Gasteiger partial charge in [0.25, 0.3) is 0 Å². The third kappa shape index (κ3) is 5.37. The fourth-order valence-electron chi connectivity index (χ4n) is 1.77. The number of benzene rings is 2. The van der Waals surface area contributed by atoms with Gasteiger partial charge in [-0.2, -0.15) is 0 Å². The lowest BCUT2D eigenvalue weighted by atomic mass is 10.00. The molecular formula is C14H12ClF3INO. The summed E-state index contributed by atoms with van der Waals surface area (Å²) in [5.74, 6) is -0.254. The molecule has 0 aliphatic carbocycles. The lowest BCUT2D eigenvalue weighted by molar-refractivity contribution is -0.274. The Balaban J connectivity index is 0.00000220. The summed E-state index contributed by atoms with van der Waals surface area (Å²) in [5, 5.41) is 0. The van der Waals surface area contributed by atoms with Gasteiger partial charge >= 0.3 is 6.36 Å². The van der Waals surface area contributed by atoms with Crippen LogP contribution in [0, 0.1) is 3.57 Å². The van der Waals surface area contributed by atoms with Crippen molar-refractivity contribution in [3.8, 4) is 5.75 Å². The second kappa shape index (κ2) is 7.33. The molecule has 7 heteroatoms. The number of rotatable bonds is 3. The van der Waals surface area contributed by atoms with Crippen molar-refractivity contribution in [3.63, 3.8) is 0 Å². The Labute approximate surface area is 140 Å². The minimum absolute atomic E-state index is 0. The van der Waals surface area contributed by atoms with E-state index in [9.17, 15) is 13.2 Å². The molecule has 21 heavy (non-hydrogen) atoms. The van der Waals surface area contributed by atoms with Crippen molar-refractivity contribution in [3.05, 3.63) is 63.2 Å². The van der Waals surface area contributed by atoms with Gasteiger partial charge in [0.1, 0.15) is 5.75 Å². The number of nitrogens with two attached hydrogens (primary N) is 1. The van der Waals surface area contributed by atoms with Gasteiger partial charge in [0.05, 0.1) is 6.04 Å². The van der Waals surface area contributed by atoms with E-state index in [0.29, 0.717) is 0 Å². The standard InChI is InChI=1S/C14H11F3INO.ClH/c15-14(16,17)20-12-6-4-9(5-7-12)13(19)10-2-1-3-11(18)8-10;/h1-8,13H,19H2;1H/t13-;/m0./s1. The van der Waals surface area contributed by atoms with Crippen LogP contribution in [0.3, 0.4) is 0 Å². The molecule has 2 N–H and O–H groups in total. The van der Waals surface area contributed by atoms with Crippen molar-refractivity contribution in [2.45, 2.75) is 12.4 Å². The van der Waals surface area contributed by atoms with Gasteiger partial charge in [0.2, 0.25) is 0 Å². The van der Waals surface area contributed by atoms with Crippen LogP contribution >= 0.6 is 35.0 Å². The summed E-state index contributed by atoms with van der Waals surface area (Å²) >= 11 is 2.18. The molecule has 0 unspecified atom stereocenters. The third-order valence-electron chi connectivity index (χ3n) is 2.68. The van der Waals surface area contributed by atoms with E-state index in [1.807, 2.05) is 24.3 Å². The van der Waals surface area contributed by atoms with Crippen LogP contribution in [0.4, 0.5) is 13.2 Å². The predicted molar refractivity (Wildman–Crippen MR) is 85.6 cm³/mol. The molecule has 0 aliphatic rings. The molecule has 0 aromatic heterocycles. The molecule has 0 heterocycles. The highest BCUT2D eigenvalue weighted by Gasteiger charge is 2.31. The molecule has 0 spiro atoms. The monoisotopic (exact) mass is 429 g/mol. The van der Waals surface area contributed by atoms with Gasteiger partial charge in [-0.25, -0.2) is 0 Å². The summed E-state index contributed by atoms with van der Waals surface area (Å²) in [5.41, 5.74) is 7.72. The molecule has 2 rings (SSSR count). The maximum Gasteiger partial charge on any atom is 0.573 e. The first-order valence-electron chi connectivity index (χ1n) is 5.72. The van der Waals surface area contributed by atoms with Crippen molar-refractivity contribution >= 4 is 35.0 Å². The molecule has 2 nitrogen and oxygen atoms in total. The van der Waals surface area contributed by atoms with Crippen molar-refractivity contribution in [2.75, 3.05) is 0 Å². The van der Waals surface area contributed by atoms with Crippen LogP contribution in [0.2, 0.25) is 0 Å². The van der Waals surface area contributed by atoms with Gasteiger partial charge < -0.3 is 10.5 Å². The normalized spacial score (nSPS) is 12.4. The highest BCUT2D eigenvalue weighted by atomic mass is 127. The molecule has 0 bridgehead atoms. The number of hydrogen-bond acceptors (Lipinski definition) is 2. The van der Waals surface area contributed by atoms with E-state index in [0.717, 1.165) is 14.7 Å². The quantitative estimate of drug-likeness (QED) is 0.721. The molecule has 0 saturated heterocycles. The van der Waals surface area contributed by atoms with Crippen LogP contribution in [0.5, 0.6) is 5.75 Å². The minimum Gasteiger partial charge on any atom is -0.406 e. The van der Waals surface area contributed by atoms with Gasteiger partial charge in [-0.15, -0.1) is 25.6 Å². The van der Waals surface area contributed by atoms with Crippen LogP contribution in [-0.4, -0.2) is 6.36 Å². The van der Waals surface area contributed by atoms with Crippen molar-refractivity contribution < 1.29 is 17.9 Å². The smallest absolute Gasteiger partial charge is 0.406 e. The van der Waals surface area contributed by atoms with Gasteiger partial charge in [0, 0.05) is 3.57 Å². The van der Waals surface area contributed by atoms with E-state index in [2.05, 4.69) is 27.3 Å². The topological polar surface area (TPSA) is 35.2 Å². The Hall–Kier alpha value is -0.990. The van der Waals surface area contributed by atoms with Crippen LogP contribution in [0.1, 0.15) is 17.2 Å². The Kier molecular flexibility index (Phi) is 6.30. The first kappa shape index (κ1) is 18.1. The summed E-state index contributed by atoms with van der Waals surface area (Å²) in [4.78, 5) is 0. The SMILES string of the molecule is Cl.N[C@@H](c1ccc(OC(F)(F)F)cc1)c1cccc(I)c1. The zero-order valence-corrected chi connectivity index (χ0v) is 13.6. The maximum absolute atomic E-state index is 12.1. The summed E-state index contributed by atoms with van der Waals surface area (Å²) in [6, 6.07) is 12.8. The van der Waals surface area contributed by atoms with Crippen LogP contribution in [0.15, 0.2) is 48.5 Å². The molecule has 1 atom stereocenters. The zero-order chi connectivity index (χ0) is 14.8. The fourth-order valence-corrected chi connectivity index (χ4v) is 2.34. The van der Waals surface area contributed by atoms with E-state index >= 15 is 0 Å². The summed E-state index contributed by atoms with van der Waals surface area (Å²) in [6.45, 7) is 0. The second-order valence-corrected chi connectivity index (χ2v) is 5.40. The average Bonchev–Trinajstić information content (AvgIpc) is 2.37. The van der Waals surface area contributed by atoms with E-state index in [-0.39, 0.29) is 24.2 Å². The third-order valence-corrected chi connectivity index (χ3v) is 3.35. The first-order valence-corrected chi connectivity index (χ1v) is 6.80. The molecule has 2 aromatic carbocycles. The fraction of sp³-hybridized carbons (Fsp3) is 0.143. The predicted octanol–water partition coefficient (Wildman–Crippen LogP) is 4.66. The summed E-state index contributed by atoms with van der Waals surface area (Å²) < 4.78 is 41.1. The van der Waals surface area contributed by atoms with Gasteiger partial charge in [-0.3, -0.25) is 0 Å². The summed E-state index contributed by atoms with van der Waals surface area (Å²) in [6.07, 6.45) is -4.68. The molecule has 0 amide bonds. The number of hydrogen-bond donors (Lipinski definition) is 1. The number of ether oxygens (including phenoxy) is 1. The van der Waals surface area contributed by atoms with Crippen molar-refractivity contribution in [1.82, 2.24) is 0 Å². The number of halogens is 5. The van der Waals surface area contributed by atoms with Gasteiger partial charge in [-0.05, 0) is 58.0 Å². The van der Waals surface area contributed by atoms with E-state index in [4.69, 9.17) is 5.73 Å². The van der Waals surface area contributed by atoms with E-state index < -0.39 is 6.36 Å². The molecule has 2 aromatic rings. The van der Waals surface area contributed by atoms with Crippen LogP contribution < -0.4 is 10.5 Å². The molecular weight excluding hydrogens is 418 g/mol. The largest absolute Gasteiger partial charge is 0.573 e. The highest BCUT2D eigenvalue weighted by Crippen LogP contribution is 2.26. The average molecular weight is 430 g/mol. The Morgan fingerprint density at radius 3 is 2.14 bits per heavy atom. The Morgan fingerprint density at radius 1 is 1.00 bits per heavy atom. The molecule has 0 radical (unpaired) electrons. The van der Waals surface area contributed by atoms with Gasteiger partial charge in [0.15, 0.2) is 0 Å². The van der Waals surface area contributed by atoms with Crippen LogP contribution in [-0.2, 0) is 0 Å². The molecule has 0 saturated carbocycles. The molecule has 114 valence electrons. The lowest BCUT2D eigenvalue weighted by Crippen LogP contribution is -2.17. The van der Waals surface area contributed by atoms with Crippen molar-refractivity contribution in [2.24, 2.45) is 5.73 Å². The minimum atomic E-state index is -4.68. The van der Waals surface area contributed by atoms with Gasteiger partial charge in [-0.1, -0.05) is 24.3 Å². The van der Waals surface area contributed by atoms with E-state index in [1.165, 1.54) is 24.3 Å².